The fraction of sp³-hybridized carbons (Fsp3) is 0.263. The second-order valence-corrected chi connectivity index (χ2v) is 5.67. The van der Waals surface area contributed by atoms with Crippen molar-refractivity contribution in [2.45, 2.75) is 32.7 Å². The molecule has 0 unspecified atom stereocenters. The summed E-state index contributed by atoms with van der Waals surface area (Å²) in [6, 6.07) is 17.1. The predicted octanol–water partition coefficient (Wildman–Crippen LogP) is 3.01. The van der Waals surface area contributed by atoms with Gasteiger partial charge in [-0.3, -0.25) is 0 Å². The van der Waals surface area contributed by atoms with Gasteiger partial charge in [-0.1, -0.05) is 48.2 Å². The molecule has 4 nitrogen and oxygen atoms in total. The summed E-state index contributed by atoms with van der Waals surface area (Å²) in [7, 11) is 0. The molecule has 2 aromatic carbocycles. The van der Waals surface area contributed by atoms with Gasteiger partial charge in [0.2, 0.25) is 11.2 Å². The minimum Gasteiger partial charge on any atom is -0.459 e. The third-order valence-electron chi connectivity index (χ3n) is 4.09. The van der Waals surface area contributed by atoms with Crippen molar-refractivity contribution >= 4 is 10.9 Å². The number of nitrogens with zero attached hydrogens (tertiary/aromatic N) is 2. The number of rotatable bonds is 5. The van der Waals surface area contributed by atoms with Crippen LogP contribution in [0.15, 0.2) is 54.6 Å². The third-order valence-corrected chi connectivity index (χ3v) is 4.09. The van der Waals surface area contributed by atoms with E-state index in [-0.39, 0.29) is 11.9 Å². The molecule has 1 heterocycles. The van der Waals surface area contributed by atoms with E-state index in [0.717, 1.165) is 35.9 Å². The molecule has 118 valence electrons. The molecule has 0 aliphatic carbocycles. The first-order valence-corrected chi connectivity index (χ1v) is 8.08. The fourth-order valence-electron chi connectivity index (χ4n) is 2.90. The monoisotopic (exact) mass is 310 g/mol. The van der Waals surface area contributed by atoms with Crippen LogP contribution in [0.1, 0.15) is 26.2 Å². The second kappa shape index (κ2) is 6.65. The highest BCUT2D eigenvalue weighted by molar-refractivity contribution is 5.79. The van der Waals surface area contributed by atoms with Crippen LogP contribution in [0.4, 0.5) is 0 Å². The van der Waals surface area contributed by atoms with Crippen LogP contribution in [-0.4, -0.2) is 10.2 Å². The standard InChI is InChI=1S/C19H20N2O2/c1-2-3-9-14-20-17-13-8-7-12-16(17)18(22)21(19(20)23)15-10-5-4-6-11-15/h4-8,10-13H,2-3,9,14H2,1H3/p+2. The van der Waals surface area contributed by atoms with Gasteiger partial charge >= 0.3 is 11.9 Å². The molecule has 0 saturated heterocycles. The molecule has 3 aromatic rings. The summed E-state index contributed by atoms with van der Waals surface area (Å²) in [6.45, 7) is 2.87. The van der Waals surface area contributed by atoms with Crippen molar-refractivity contribution in [1.82, 2.24) is 0 Å². The lowest BCUT2D eigenvalue weighted by molar-refractivity contribution is -0.781. The number of unbranched alkanes of at least 4 members (excludes halogenated alkanes) is 2. The van der Waals surface area contributed by atoms with E-state index in [2.05, 4.69) is 6.92 Å². The largest absolute Gasteiger partial charge is 0.638 e. The van der Waals surface area contributed by atoms with Crippen molar-refractivity contribution in [1.29, 1.82) is 0 Å². The Morgan fingerprint density at radius 1 is 0.870 bits per heavy atom. The van der Waals surface area contributed by atoms with E-state index in [1.54, 1.807) is 0 Å². The molecular formula is C19H22N2O2+2. The number of aryl methyl sites for hydroxylation is 1. The van der Waals surface area contributed by atoms with Crippen LogP contribution in [0, 0.1) is 0 Å². The van der Waals surface area contributed by atoms with E-state index in [9.17, 15) is 10.2 Å². The Balaban J connectivity index is 2.24. The number of hydrogen-bond donors (Lipinski definition) is 2. The smallest absolute Gasteiger partial charge is 0.459 e. The number of fused-ring (bicyclic) bond motifs is 1. The molecule has 4 heteroatoms. The second-order valence-electron chi connectivity index (χ2n) is 5.67. The van der Waals surface area contributed by atoms with Crippen LogP contribution in [0.2, 0.25) is 0 Å². The van der Waals surface area contributed by atoms with Crippen LogP contribution in [0.25, 0.3) is 16.6 Å². The van der Waals surface area contributed by atoms with Gasteiger partial charge in [-0.2, -0.15) is 0 Å². The molecule has 0 amide bonds. The molecule has 0 saturated carbocycles. The summed E-state index contributed by atoms with van der Waals surface area (Å²) >= 11 is 0. The Hall–Kier alpha value is -2.62. The quantitative estimate of drug-likeness (QED) is 0.562. The summed E-state index contributed by atoms with van der Waals surface area (Å²) in [5.41, 5.74) is 1.57. The van der Waals surface area contributed by atoms with Gasteiger partial charge in [-0.15, -0.1) is 0 Å². The molecule has 0 atom stereocenters. The zero-order chi connectivity index (χ0) is 16.2. The highest BCUT2D eigenvalue weighted by atomic mass is 16.3. The number of hydrogen-bond acceptors (Lipinski definition) is 2. The van der Waals surface area contributed by atoms with Crippen LogP contribution in [0.3, 0.4) is 0 Å². The fourth-order valence-corrected chi connectivity index (χ4v) is 2.90. The van der Waals surface area contributed by atoms with Gasteiger partial charge in [0, 0.05) is 24.6 Å². The Bertz CT molecular complexity index is 816. The number of aromatic nitrogens is 2. The van der Waals surface area contributed by atoms with E-state index in [1.807, 2.05) is 59.2 Å². The van der Waals surface area contributed by atoms with Crippen molar-refractivity contribution in [2.24, 2.45) is 0 Å². The third kappa shape index (κ3) is 2.84. The van der Waals surface area contributed by atoms with Gasteiger partial charge in [0.05, 0.1) is 0 Å². The van der Waals surface area contributed by atoms with Crippen molar-refractivity contribution in [2.75, 3.05) is 0 Å². The van der Waals surface area contributed by atoms with Gasteiger partial charge in [0.25, 0.3) is 0 Å². The lowest BCUT2D eigenvalue weighted by atomic mass is 10.2. The van der Waals surface area contributed by atoms with Gasteiger partial charge < -0.3 is 10.2 Å². The minimum atomic E-state index is 0.0449. The minimum absolute atomic E-state index is 0.0449. The average molecular weight is 310 g/mol. The number of aromatic hydroxyl groups is 2. The molecule has 0 aliphatic rings. The summed E-state index contributed by atoms with van der Waals surface area (Å²) in [6.07, 6.45) is 3.21. The SMILES string of the molecule is CCCCC[n+]1c(O)[n+](-c2ccccc2)c(O)c2ccccc21. The molecule has 2 N–H and O–H groups in total. The molecule has 1 aromatic heterocycles. The predicted molar refractivity (Wildman–Crippen MR) is 88.5 cm³/mol. The van der Waals surface area contributed by atoms with Crippen molar-refractivity contribution in [3.63, 3.8) is 0 Å². The Labute approximate surface area is 135 Å². The van der Waals surface area contributed by atoms with Crippen LogP contribution < -0.4 is 9.13 Å². The topological polar surface area (TPSA) is 48.2 Å². The summed E-state index contributed by atoms with van der Waals surface area (Å²) in [4.78, 5) is 0. The zero-order valence-electron chi connectivity index (χ0n) is 13.3. The molecular weight excluding hydrogens is 288 g/mol. The molecule has 0 spiro atoms. The van der Waals surface area contributed by atoms with Crippen molar-refractivity contribution in [3.8, 4) is 17.6 Å². The maximum atomic E-state index is 10.8. The van der Waals surface area contributed by atoms with Gasteiger partial charge in [0.1, 0.15) is 0 Å². The Morgan fingerprint density at radius 2 is 1.57 bits per heavy atom. The summed E-state index contributed by atoms with van der Waals surface area (Å²) < 4.78 is 3.37. The van der Waals surface area contributed by atoms with E-state index in [0.29, 0.717) is 6.54 Å². The number of para-hydroxylation sites is 2. The molecule has 0 fully saturated rings. The normalized spacial score (nSPS) is 11.0. The van der Waals surface area contributed by atoms with E-state index in [1.165, 1.54) is 4.57 Å². The molecule has 0 radical (unpaired) electrons. The lowest BCUT2D eigenvalue weighted by Gasteiger charge is -2.04. The van der Waals surface area contributed by atoms with E-state index < -0.39 is 0 Å². The van der Waals surface area contributed by atoms with Gasteiger partial charge in [-0.25, -0.2) is 0 Å². The highest BCUT2D eigenvalue weighted by Gasteiger charge is 2.34. The Kier molecular flexibility index (Phi) is 4.42. The Morgan fingerprint density at radius 3 is 2.30 bits per heavy atom. The zero-order valence-corrected chi connectivity index (χ0v) is 13.3. The van der Waals surface area contributed by atoms with Crippen LogP contribution in [-0.2, 0) is 6.54 Å². The first-order valence-electron chi connectivity index (χ1n) is 8.08. The van der Waals surface area contributed by atoms with Gasteiger partial charge in [0.15, 0.2) is 11.9 Å². The summed E-state index contributed by atoms with van der Waals surface area (Å²) in [5, 5.41) is 22.2. The van der Waals surface area contributed by atoms with Gasteiger partial charge in [-0.05, 0) is 17.1 Å². The molecule has 0 aliphatic heterocycles. The first-order chi connectivity index (χ1) is 11.2. The van der Waals surface area contributed by atoms with Crippen molar-refractivity contribution < 1.29 is 19.3 Å². The summed E-state index contributed by atoms with van der Waals surface area (Å²) in [5.74, 6) is 0.0519. The molecule has 23 heavy (non-hydrogen) atoms. The van der Waals surface area contributed by atoms with Crippen molar-refractivity contribution in [3.05, 3.63) is 54.6 Å². The maximum Gasteiger partial charge on any atom is 0.638 e. The molecule has 3 rings (SSSR count). The maximum absolute atomic E-state index is 10.8. The number of benzene rings is 2. The average Bonchev–Trinajstić information content (AvgIpc) is 2.59. The highest BCUT2D eigenvalue weighted by Crippen LogP contribution is 2.22. The van der Waals surface area contributed by atoms with E-state index >= 15 is 0 Å². The van der Waals surface area contributed by atoms with Crippen LogP contribution in [0.5, 0.6) is 11.9 Å². The lowest BCUT2D eigenvalue weighted by Crippen LogP contribution is -2.47. The molecule has 0 bridgehead atoms. The first kappa shape index (κ1) is 15.3. The van der Waals surface area contributed by atoms with E-state index in [4.69, 9.17) is 0 Å². The van der Waals surface area contributed by atoms with Crippen LogP contribution >= 0.6 is 0 Å².